The van der Waals surface area contributed by atoms with Crippen molar-refractivity contribution in [1.29, 1.82) is 0 Å². The average molecular weight is 236 g/mol. The number of rotatable bonds is 4. The molecule has 2 heterocycles. The molecule has 0 amide bonds. The van der Waals surface area contributed by atoms with Gasteiger partial charge in [-0.05, 0) is 0 Å². The third-order valence-electron chi connectivity index (χ3n) is 2.30. The molecule has 0 saturated carbocycles. The van der Waals surface area contributed by atoms with E-state index in [2.05, 4.69) is 20.3 Å². The first-order chi connectivity index (χ1) is 8.06. The van der Waals surface area contributed by atoms with Gasteiger partial charge < -0.3 is 9.05 Å². The standard InChI is InChI=1S/C11H16N4O2/c1-6(2)10-12-8(16-14-10)5-9-13-11(7(3)4)15-17-9/h6-7H,5H2,1-4H3. The van der Waals surface area contributed by atoms with Crippen LogP contribution in [0.4, 0.5) is 0 Å². The molecule has 0 aliphatic heterocycles. The van der Waals surface area contributed by atoms with E-state index in [1.165, 1.54) is 0 Å². The molecule has 2 rings (SSSR count). The predicted molar refractivity (Wildman–Crippen MR) is 59.6 cm³/mol. The fourth-order valence-corrected chi connectivity index (χ4v) is 1.28. The van der Waals surface area contributed by atoms with E-state index >= 15 is 0 Å². The van der Waals surface area contributed by atoms with Gasteiger partial charge in [-0.2, -0.15) is 9.97 Å². The Labute approximate surface area is 99.4 Å². The smallest absolute Gasteiger partial charge is 0.236 e. The lowest BCUT2D eigenvalue weighted by Crippen LogP contribution is -1.93. The summed E-state index contributed by atoms with van der Waals surface area (Å²) >= 11 is 0. The summed E-state index contributed by atoms with van der Waals surface area (Å²) in [6.45, 7) is 8.05. The third-order valence-corrected chi connectivity index (χ3v) is 2.30. The molecule has 0 radical (unpaired) electrons. The largest absolute Gasteiger partial charge is 0.339 e. The summed E-state index contributed by atoms with van der Waals surface area (Å²) in [7, 11) is 0. The maximum absolute atomic E-state index is 5.11. The summed E-state index contributed by atoms with van der Waals surface area (Å²) in [4.78, 5) is 8.51. The van der Waals surface area contributed by atoms with Crippen molar-refractivity contribution in [3.63, 3.8) is 0 Å². The molecule has 0 aliphatic rings. The average Bonchev–Trinajstić information content (AvgIpc) is 2.87. The lowest BCUT2D eigenvalue weighted by molar-refractivity contribution is 0.342. The molecule has 0 saturated heterocycles. The number of nitrogens with zero attached hydrogens (tertiary/aromatic N) is 4. The van der Waals surface area contributed by atoms with Crippen LogP contribution in [-0.2, 0) is 6.42 Å². The topological polar surface area (TPSA) is 77.8 Å². The van der Waals surface area contributed by atoms with Crippen molar-refractivity contribution in [2.45, 2.75) is 46.0 Å². The molecule has 0 unspecified atom stereocenters. The molecule has 92 valence electrons. The Bertz CT molecular complexity index is 443. The van der Waals surface area contributed by atoms with E-state index in [0.29, 0.717) is 29.9 Å². The molecule has 0 spiro atoms. The number of hydrogen-bond acceptors (Lipinski definition) is 6. The summed E-state index contributed by atoms with van der Waals surface area (Å²) in [5.41, 5.74) is 0. The van der Waals surface area contributed by atoms with Crippen LogP contribution in [0.3, 0.4) is 0 Å². The third kappa shape index (κ3) is 2.69. The fourth-order valence-electron chi connectivity index (χ4n) is 1.28. The van der Waals surface area contributed by atoms with Gasteiger partial charge in [-0.25, -0.2) is 0 Å². The molecular weight excluding hydrogens is 220 g/mol. The fraction of sp³-hybridized carbons (Fsp3) is 0.636. The van der Waals surface area contributed by atoms with E-state index in [4.69, 9.17) is 9.05 Å². The lowest BCUT2D eigenvalue weighted by atomic mass is 10.2. The van der Waals surface area contributed by atoms with Crippen LogP contribution in [0.15, 0.2) is 9.05 Å². The summed E-state index contributed by atoms with van der Waals surface area (Å²) in [5.74, 6) is 2.91. The van der Waals surface area contributed by atoms with E-state index in [9.17, 15) is 0 Å². The molecule has 0 aromatic carbocycles. The molecule has 0 atom stereocenters. The first-order valence-electron chi connectivity index (χ1n) is 5.71. The highest BCUT2D eigenvalue weighted by Gasteiger charge is 2.15. The van der Waals surface area contributed by atoms with Gasteiger partial charge in [0.25, 0.3) is 0 Å². The van der Waals surface area contributed by atoms with E-state index in [-0.39, 0.29) is 11.8 Å². The van der Waals surface area contributed by atoms with Crippen molar-refractivity contribution >= 4 is 0 Å². The van der Waals surface area contributed by atoms with Gasteiger partial charge in [-0.1, -0.05) is 38.0 Å². The van der Waals surface area contributed by atoms with Crippen molar-refractivity contribution < 1.29 is 9.05 Å². The van der Waals surface area contributed by atoms with Gasteiger partial charge in [-0.3, -0.25) is 0 Å². The maximum atomic E-state index is 5.11. The highest BCUT2D eigenvalue weighted by atomic mass is 16.5. The Morgan fingerprint density at radius 1 is 0.824 bits per heavy atom. The second-order valence-corrected chi connectivity index (χ2v) is 4.58. The Kier molecular flexibility index (Phi) is 3.21. The Morgan fingerprint density at radius 3 is 1.53 bits per heavy atom. The number of hydrogen-bond donors (Lipinski definition) is 0. The van der Waals surface area contributed by atoms with Gasteiger partial charge in [0.05, 0.1) is 0 Å². The van der Waals surface area contributed by atoms with Crippen LogP contribution in [0.1, 0.15) is 63.0 Å². The summed E-state index contributed by atoms with van der Waals surface area (Å²) in [6.07, 6.45) is 0.388. The van der Waals surface area contributed by atoms with E-state index in [1.54, 1.807) is 0 Å². The minimum atomic E-state index is 0.251. The normalized spacial score (nSPS) is 11.6. The van der Waals surface area contributed by atoms with Gasteiger partial charge in [0, 0.05) is 11.8 Å². The van der Waals surface area contributed by atoms with Gasteiger partial charge in [0.15, 0.2) is 11.6 Å². The lowest BCUT2D eigenvalue weighted by Gasteiger charge is -1.92. The molecule has 0 bridgehead atoms. The molecule has 2 aromatic rings. The van der Waals surface area contributed by atoms with Gasteiger partial charge in [0.1, 0.15) is 6.42 Å². The highest BCUT2D eigenvalue weighted by Crippen LogP contribution is 2.14. The molecule has 0 N–H and O–H groups in total. The quantitative estimate of drug-likeness (QED) is 0.810. The summed E-state index contributed by atoms with van der Waals surface area (Å²) in [5, 5.41) is 7.76. The van der Waals surface area contributed by atoms with Gasteiger partial charge in [-0.15, -0.1) is 0 Å². The van der Waals surface area contributed by atoms with Crippen LogP contribution in [0, 0.1) is 0 Å². The van der Waals surface area contributed by atoms with Crippen LogP contribution < -0.4 is 0 Å². The first kappa shape index (κ1) is 11.8. The zero-order valence-electron chi connectivity index (χ0n) is 10.5. The van der Waals surface area contributed by atoms with Crippen LogP contribution in [0.25, 0.3) is 0 Å². The van der Waals surface area contributed by atoms with Gasteiger partial charge >= 0.3 is 0 Å². The monoisotopic (exact) mass is 236 g/mol. The molecule has 17 heavy (non-hydrogen) atoms. The van der Waals surface area contributed by atoms with E-state index in [0.717, 1.165) is 0 Å². The minimum absolute atomic E-state index is 0.251. The first-order valence-corrected chi connectivity index (χ1v) is 5.71. The second kappa shape index (κ2) is 4.65. The summed E-state index contributed by atoms with van der Waals surface area (Å²) in [6, 6.07) is 0. The van der Waals surface area contributed by atoms with Crippen LogP contribution in [0.5, 0.6) is 0 Å². The predicted octanol–water partition coefficient (Wildman–Crippen LogP) is 2.29. The van der Waals surface area contributed by atoms with Crippen molar-refractivity contribution in [2.75, 3.05) is 0 Å². The van der Waals surface area contributed by atoms with Crippen molar-refractivity contribution in [1.82, 2.24) is 20.3 Å². The zero-order valence-corrected chi connectivity index (χ0v) is 10.5. The SMILES string of the molecule is CC(C)c1noc(Cc2nc(C(C)C)no2)n1. The molecular formula is C11H16N4O2. The minimum Gasteiger partial charge on any atom is -0.339 e. The van der Waals surface area contributed by atoms with Gasteiger partial charge in [0.2, 0.25) is 11.8 Å². The van der Waals surface area contributed by atoms with Crippen molar-refractivity contribution in [2.24, 2.45) is 0 Å². The molecule has 6 heteroatoms. The van der Waals surface area contributed by atoms with Crippen molar-refractivity contribution in [3.05, 3.63) is 23.4 Å². The molecule has 0 aliphatic carbocycles. The van der Waals surface area contributed by atoms with E-state index in [1.807, 2.05) is 27.7 Å². The second-order valence-electron chi connectivity index (χ2n) is 4.58. The number of aromatic nitrogens is 4. The Balaban J connectivity index is 2.08. The maximum Gasteiger partial charge on any atom is 0.236 e. The Hall–Kier alpha value is -1.72. The zero-order chi connectivity index (χ0) is 12.4. The van der Waals surface area contributed by atoms with Crippen LogP contribution in [0.2, 0.25) is 0 Å². The summed E-state index contributed by atoms with van der Waals surface area (Å²) < 4.78 is 10.2. The Morgan fingerprint density at radius 2 is 1.24 bits per heavy atom. The van der Waals surface area contributed by atoms with Crippen LogP contribution in [-0.4, -0.2) is 20.3 Å². The van der Waals surface area contributed by atoms with E-state index < -0.39 is 0 Å². The van der Waals surface area contributed by atoms with Crippen molar-refractivity contribution in [3.8, 4) is 0 Å². The molecule has 0 fully saturated rings. The molecule has 2 aromatic heterocycles. The molecule has 6 nitrogen and oxygen atoms in total. The van der Waals surface area contributed by atoms with Crippen LogP contribution >= 0.6 is 0 Å². The highest BCUT2D eigenvalue weighted by molar-refractivity contribution is 4.99.